The molecule has 0 aliphatic carbocycles. The Bertz CT molecular complexity index is 1280. The van der Waals surface area contributed by atoms with Crippen LogP contribution in [0, 0.1) is 11.7 Å². The van der Waals surface area contributed by atoms with Gasteiger partial charge in [0.15, 0.2) is 0 Å². The predicted molar refractivity (Wildman–Crippen MR) is 157 cm³/mol. The first-order valence-electron chi connectivity index (χ1n) is 13.6. The number of aliphatic hydroxyl groups excluding tert-OH is 1. The number of ether oxygens (including phenoxy) is 1. The molecular weight excluding hydrogens is 519 g/mol. The van der Waals surface area contributed by atoms with Crippen LogP contribution in [-0.4, -0.2) is 56.3 Å². The van der Waals surface area contributed by atoms with E-state index in [0.29, 0.717) is 31.1 Å². The number of pyridine rings is 1. The summed E-state index contributed by atoms with van der Waals surface area (Å²) in [4.78, 5) is 16.1. The van der Waals surface area contributed by atoms with E-state index in [1.54, 1.807) is 29.4 Å². The summed E-state index contributed by atoms with van der Waals surface area (Å²) in [5.41, 5.74) is 3.77. The monoisotopic (exact) mass is 560 g/mol. The molecule has 1 aromatic carbocycles. The Morgan fingerprint density at radius 1 is 1.28 bits per heavy atom. The lowest BCUT2D eigenvalue weighted by Crippen LogP contribution is -2.36. The lowest BCUT2D eigenvalue weighted by Gasteiger charge is -2.30. The summed E-state index contributed by atoms with van der Waals surface area (Å²) in [6.07, 6.45) is 4.54. The van der Waals surface area contributed by atoms with Crippen LogP contribution >= 0.6 is 0 Å². The fraction of sp³-hybridized carbons (Fsp3) is 0.500. The normalized spacial score (nSPS) is 17.1. The smallest absolute Gasteiger partial charge is 0.303 e. The Balaban J connectivity index is 2.23. The minimum atomic E-state index is -2.67. The number of rotatable bonds is 12. The van der Waals surface area contributed by atoms with Crippen LogP contribution in [-0.2, 0) is 25.8 Å². The summed E-state index contributed by atoms with van der Waals surface area (Å²) >= 11 is 0. The van der Waals surface area contributed by atoms with Gasteiger partial charge in [-0.3, -0.25) is 9.10 Å². The van der Waals surface area contributed by atoms with Crippen molar-refractivity contribution in [2.24, 2.45) is 5.92 Å². The van der Waals surface area contributed by atoms with Crippen LogP contribution in [0.1, 0.15) is 76.1 Å². The minimum Gasteiger partial charge on any atom is -0.481 e. The van der Waals surface area contributed by atoms with Crippen molar-refractivity contribution in [3.8, 4) is 11.1 Å². The average molecular weight is 561 g/mol. The Morgan fingerprint density at radius 3 is 2.59 bits per heavy atom. The van der Waals surface area contributed by atoms with Crippen molar-refractivity contribution in [1.29, 1.82) is 0 Å². The van der Waals surface area contributed by atoms with Gasteiger partial charge in [-0.1, -0.05) is 58.4 Å². The van der Waals surface area contributed by atoms with Crippen molar-refractivity contribution in [3.63, 3.8) is 0 Å². The second-order valence-corrected chi connectivity index (χ2v) is 13.0. The van der Waals surface area contributed by atoms with Crippen molar-refractivity contribution >= 4 is 33.4 Å². The maximum Gasteiger partial charge on any atom is 0.303 e. The van der Waals surface area contributed by atoms with Crippen LogP contribution in [0.3, 0.4) is 0 Å². The van der Waals surface area contributed by atoms with Gasteiger partial charge in [-0.25, -0.2) is 13.6 Å². The van der Waals surface area contributed by atoms with Crippen molar-refractivity contribution in [2.75, 3.05) is 23.2 Å². The van der Waals surface area contributed by atoms with Gasteiger partial charge >= 0.3 is 5.97 Å². The molecule has 1 aliphatic heterocycles. The molecule has 2 heterocycles. The first kappa shape index (κ1) is 30.8. The third-order valence-corrected chi connectivity index (χ3v) is 8.90. The molecule has 0 bridgehead atoms. The number of aliphatic carboxylic acids is 1. The quantitative estimate of drug-likeness (QED) is 0.325. The SMILES string of the molecule is C=S(=O)(CCCC)N1CCOCc2c1nc(C(C)C)c(/C=C/[C@@H](O)C[C@@H](C)CC(=O)O)c2-c1ccc(F)cc1. The van der Waals surface area contributed by atoms with E-state index in [2.05, 4.69) is 5.87 Å². The molecule has 0 radical (unpaired) electrons. The van der Waals surface area contributed by atoms with Crippen LogP contribution in [0.5, 0.6) is 0 Å². The van der Waals surface area contributed by atoms with Gasteiger partial charge < -0.3 is 14.9 Å². The van der Waals surface area contributed by atoms with Crippen molar-refractivity contribution in [1.82, 2.24) is 4.98 Å². The number of halogens is 1. The topological polar surface area (TPSA) is 100.0 Å². The first-order valence-corrected chi connectivity index (χ1v) is 15.4. The Kier molecular flexibility index (Phi) is 10.7. The van der Waals surface area contributed by atoms with E-state index in [1.807, 2.05) is 26.8 Å². The molecule has 0 fully saturated rings. The molecule has 2 aromatic rings. The summed E-state index contributed by atoms with van der Waals surface area (Å²) in [7, 11) is -2.67. The number of carbonyl (C=O) groups is 1. The number of carboxylic acid groups (broad SMARTS) is 1. The maximum absolute atomic E-state index is 13.9. The fourth-order valence-corrected chi connectivity index (χ4v) is 6.69. The highest BCUT2D eigenvalue weighted by Crippen LogP contribution is 2.40. The first-order chi connectivity index (χ1) is 18.4. The number of anilines is 1. The zero-order valence-electron chi connectivity index (χ0n) is 23.4. The van der Waals surface area contributed by atoms with Gasteiger partial charge in [0.05, 0.1) is 31.6 Å². The molecule has 3 atom stereocenters. The fourth-order valence-electron chi connectivity index (χ4n) is 4.85. The molecule has 39 heavy (non-hydrogen) atoms. The van der Waals surface area contributed by atoms with E-state index in [0.717, 1.165) is 40.8 Å². The molecule has 3 rings (SSSR count). The number of benzene rings is 1. The third-order valence-electron chi connectivity index (χ3n) is 6.81. The molecule has 0 spiro atoms. The summed E-state index contributed by atoms with van der Waals surface area (Å²) in [5.74, 6) is 3.62. The number of carboxylic acids is 1. The van der Waals surface area contributed by atoms with Gasteiger partial charge in [-0.15, -0.1) is 0 Å². The molecule has 0 saturated carbocycles. The van der Waals surface area contributed by atoms with Crippen molar-refractivity contribution in [2.45, 2.75) is 72.0 Å². The van der Waals surface area contributed by atoms with E-state index in [1.165, 1.54) is 12.1 Å². The zero-order chi connectivity index (χ0) is 28.7. The van der Waals surface area contributed by atoms with Crippen LogP contribution in [0.2, 0.25) is 0 Å². The molecule has 7 nitrogen and oxygen atoms in total. The predicted octanol–water partition coefficient (Wildman–Crippen LogP) is 5.65. The molecule has 214 valence electrons. The summed E-state index contributed by atoms with van der Waals surface area (Å²) < 4.78 is 35.5. The van der Waals surface area contributed by atoms with E-state index in [9.17, 15) is 18.5 Å². The molecule has 9 heteroatoms. The van der Waals surface area contributed by atoms with E-state index in [-0.39, 0.29) is 30.7 Å². The molecule has 1 unspecified atom stereocenters. The number of aromatic nitrogens is 1. The molecule has 0 amide bonds. The molecule has 1 aliphatic rings. The second kappa shape index (κ2) is 13.5. The summed E-state index contributed by atoms with van der Waals surface area (Å²) in [5, 5.41) is 19.8. The minimum absolute atomic E-state index is 0.0280. The molecule has 1 aromatic heterocycles. The highest BCUT2D eigenvalue weighted by atomic mass is 32.2. The Labute approximate surface area is 231 Å². The van der Waals surface area contributed by atoms with Gasteiger partial charge in [-0.05, 0) is 53.8 Å². The van der Waals surface area contributed by atoms with Crippen LogP contribution in [0.15, 0.2) is 30.3 Å². The van der Waals surface area contributed by atoms with Gasteiger partial charge in [0.25, 0.3) is 0 Å². The number of hydrogen-bond donors (Lipinski definition) is 2. The molecule has 2 N–H and O–H groups in total. The number of nitrogens with zero attached hydrogens (tertiary/aromatic N) is 2. The summed E-state index contributed by atoms with van der Waals surface area (Å²) in [6, 6.07) is 6.19. The molecular formula is C30H41FN2O5S. The van der Waals surface area contributed by atoms with Gasteiger partial charge in [-0.2, -0.15) is 0 Å². The van der Waals surface area contributed by atoms with Gasteiger partial charge in [0, 0.05) is 33.0 Å². The lowest BCUT2D eigenvalue weighted by atomic mass is 9.89. The van der Waals surface area contributed by atoms with Crippen LogP contribution < -0.4 is 4.31 Å². The third kappa shape index (κ3) is 7.90. The second-order valence-electron chi connectivity index (χ2n) is 10.6. The van der Waals surface area contributed by atoms with Crippen molar-refractivity contribution < 1.29 is 28.3 Å². The number of unbranched alkanes of at least 4 members (excludes halogenated alkanes) is 1. The van der Waals surface area contributed by atoms with E-state index < -0.39 is 21.8 Å². The van der Waals surface area contributed by atoms with E-state index in [4.69, 9.17) is 14.8 Å². The summed E-state index contributed by atoms with van der Waals surface area (Å²) in [6.45, 7) is 8.85. The number of fused-ring (bicyclic) bond motifs is 1. The number of hydrogen-bond acceptors (Lipinski definition) is 5. The van der Waals surface area contributed by atoms with Gasteiger partial charge in [0.1, 0.15) is 11.6 Å². The Morgan fingerprint density at radius 2 is 1.97 bits per heavy atom. The highest BCUT2D eigenvalue weighted by Gasteiger charge is 2.29. The van der Waals surface area contributed by atoms with Crippen LogP contribution in [0.4, 0.5) is 10.2 Å². The largest absolute Gasteiger partial charge is 0.481 e. The van der Waals surface area contributed by atoms with E-state index >= 15 is 0 Å². The maximum atomic E-state index is 13.9. The average Bonchev–Trinajstić information content (AvgIpc) is 3.08. The standard InChI is InChI=1S/C30H41FN2O5S/c1-6-7-16-39(5,37)33-14-15-38-19-26-28(22-8-10-23(31)11-9-22)25(29(20(2)3)32-30(26)33)13-12-24(34)17-21(4)18-27(35)36/h8-13,20-21,24,34H,5-7,14-19H2,1-4H3,(H,35,36)/b13-12+/t21-,24-,39?/m1/s1. The lowest BCUT2D eigenvalue weighted by molar-refractivity contribution is -0.138. The zero-order valence-corrected chi connectivity index (χ0v) is 24.2. The van der Waals surface area contributed by atoms with Crippen molar-refractivity contribution in [3.05, 3.63) is 53.0 Å². The highest BCUT2D eigenvalue weighted by molar-refractivity contribution is 8.01. The number of aliphatic hydroxyl groups is 1. The van der Waals surface area contributed by atoms with Crippen LogP contribution in [0.25, 0.3) is 17.2 Å². The Hall–Kier alpha value is -2.75. The van der Waals surface area contributed by atoms with Gasteiger partial charge in [0.2, 0.25) is 0 Å². The molecule has 0 saturated heterocycles.